The van der Waals surface area contributed by atoms with Crippen LogP contribution in [0.1, 0.15) is 0 Å². The van der Waals surface area contributed by atoms with Crippen molar-refractivity contribution < 1.29 is 24.9 Å². The topological polar surface area (TPSA) is 94.8 Å². The lowest BCUT2D eigenvalue weighted by Gasteiger charge is -2.19. The molecule has 0 bridgehead atoms. The normalized spacial score (nSPS) is 18.5. The third-order valence-corrected chi connectivity index (χ3v) is 2.18. The minimum atomic E-state index is -2.64. The van der Waals surface area contributed by atoms with Gasteiger partial charge in [0.1, 0.15) is 5.25 Å². The largest absolute Gasteiger partial charge is 0.480 e. The molecule has 0 radical (unpaired) electrons. The van der Waals surface area contributed by atoms with Gasteiger partial charge in [-0.1, -0.05) is 0 Å². The predicted octanol–water partition coefficient (Wildman–Crippen LogP) is -0.928. The van der Waals surface area contributed by atoms with Gasteiger partial charge in [0.05, 0.1) is 0 Å². The molecule has 0 fully saturated rings. The van der Waals surface area contributed by atoms with Crippen LogP contribution >= 0.6 is 25.3 Å². The summed E-state index contributed by atoms with van der Waals surface area (Å²) in [7, 11) is 0. The van der Waals surface area contributed by atoms with E-state index in [1.165, 1.54) is 0 Å². The lowest BCUT2D eigenvalue weighted by atomic mass is 10.2. The smallest absolute Gasteiger partial charge is 0.348 e. The third-order valence-electron chi connectivity index (χ3n) is 0.930. The van der Waals surface area contributed by atoms with E-state index >= 15 is 0 Å². The maximum Gasteiger partial charge on any atom is 0.348 e. The highest BCUT2D eigenvalue weighted by Gasteiger charge is 2.43. The number of carboxylic acids is 2. The molecule has 0 aliphatic rings. The molecule has 2 unspecified atom stereocenters. The number of hydrogen-bond acceptors (Lipinski definition) is 5. The van der Waals surface area contributed by atoms with E-state index in [1.54, 1.807) is 0 Å². The van der Waals surface area contributed by atoms with Crippen molar-refractivity contribution in [3.8, 4) is 0 Å². The van der Waals surface area contributed by atoms with Gasteiger partial charge in [-0.15, -0.1) is 12.6 Å². The molecule has 2 atom stereocenters. The Hall–Kier alpha value is -0.400. The second-order valence-corrected chi connectivity index (χ2v) is 2.97. The van der Waals surface area contributed by atoms with Gasteiger partial charge in [0, 0.05) is 0 Å². The first kappa shape index (κ1) is 10.6. The summed E-state index contributed by atoms with van der Waals surface area (Å²) < 4.78 is 0. The minimum absolute atomic E-state index is 1.55. The van der Waals surface area contributed by atoms with Crippen molar-refractivity contribution in [1.29, 1.82) is 0 Å². The lowest BCUT2D eigenvalue weighted by molar-refractivity contribution is -0.154. The van der Waals surface area contributed by atoms with Crippen LogP contribution in [0.2, 0.25) is 0 Å². The van der Waals surface area contributed by atoms with Gasteiger partial charge in [0.15, 0.2) is 0 Å². The standard InChI is InChI=1S/C4H6O5S2/c5-2(6)1(10)4(9,11)3(7)8/h1,9-11H,(H,5,6)(H,7,8). The summed E-state index contributed by atoms with van der Waals surface area (Å²) in [6.07, 6.45) is 0. The molecule has 0 aromatic rings. The second-order valence-electron chi connectivity index (χ2n) is 1.77. The van der Waals surface area contributed by atoms with Gasteiger partial charge >= 0.3 is 11.9 Å². The van der Waals surface area contributed by atoms with E-state index in [2.05, 4.69) is 25.3 Å². The number of carboxylic acid groups (broad SMARTS) is 2. The first-order chi connectivity index (χ1) is 4.80. The van der Waals surface area contributed by atoms with Crippen LogP contribution in [-0.4, -0.2) is 37.4 Å². The molecule has 11 heavy (non-hydrogen) atoms. The molecule has 0 amide bonds. The van der Waals surface area contributed by atoms with Crippen molar-refractivity contribution in [2.75, 3.05) is 0 Å². The van der Waals surface area contributed by atoms with Gasteiger partial charge in [-0.05, 0) is 0 Å². The highest BCUT2D eigenvalue weighted by Crippen LogP contribution is 2.20. The fraction of sp³-hybridized carbons (Fsp3) is 0.500. The van der Waals surface area contributed by atoms with Crippen molar-refractivity contribution in [2.24, 2.45) is 0 Å². The summed E-state index contributed by atoms with van der Waals surface area (Å²) in [6.45, 7) is 0. The van der Waals surface area contributed by atoms with Gasteiger partial charge in [-0.2, -0.15) is 12.6 Å². The molecule has 0 aliphatic heterocycles. The van der Waals surface area contributed by atoms with Crippen molar-refractivity contribution >= 4 is 37.2 Å². The van der Waals surface area contributed by atoms with Crippen molar-refractivity contribution in [2.45, 2.75) is 10.2 Å². The molecule has 7 heteroatoms. The van der Waals surface area contributed by atoms with E-state index in [4.69, 9.17) is 15.3 Å². The fourth-order valence-electron chi connectivity index (χ4n) is 0.289. The Morgan fingerprint density at radius 1 is 1.36 bits per heavy atom. The molecule has 3 N–H and O–H groups in total. The summed E-state index contributed by atoms with van der Waals surface area (Å²) in [6, 6.07) is 0. The average molecular weight is 198 g/mol. The Kier molecular flexibility index (Phi) is 3.21. The van der Waals surface area contributed by atoms with Crippen LogP contribution in [0.3, 0.4) is 0 Å². The zero-order valence-corrected chi connectivity index (χ0v) is 6.92. The first-order valence-electron chi connectivity index (χ1n) is 2.39. The number of rotatable bonds is 3. The molecule has 0 spiro atoms. The third kappa shape index (κ3) is 2.28. The maximum atomic E-state index is 10.1. The van der Waals surface area contributed by atoms with Crippen LogP contribution in [0.25, 0.3) is 0 Å². The summed E-state index contributed by atoms with van der Waals surface area (Å²) in [5.41, 5.74) is 0. The molecule has 0 aliphatic carbocycles. The van der Waals surface area contributed by atoms with Gasteiger partial charge in [0.25, 0.3) is 0 Å². The van der Waals surface area contributed by atoms with Crippen LogP contribution in [0.5, 0.6) is 0 Å². The molecule has 0 aromatic carbocycles. The summed E-state index contributed by atoms with van der Waals surface area (Å²) >= 11 is 6.55. The zero-order chi connectivity index (χ0) is 9.23. The highest BCUT2D eigenvalue weighted by atomic mass is 32.1. The molecular weight excluding hydrogens is 192 g/mol. The van der Waals surface area contributed by atoms with Crippen molar-refractivity contribution in [3.63, 3.8) is 0 Å². The molecule has 5 nitrogen and oxygen atoms in total. The van der Waals surface area contributed by atoms with E-state index < -0.39 is 22.1 Å². The number of hydrogen-bond donors (Lipinski definition) is 5. The van der Waals surface area contributed by atoms with Crippen LogP contribution < -0.4 is 0 Å². The van der Waals surface area contributed by atoms with Gasteiger partial charge in [-0.25, -0.2) is 4.79 Å². The molecule has 0 heterocycles. The summed E-state index contributed by atoms with van der Waals surface area (Å²) in [5.74, 6) is -3.29. The number of thiol groups is 2. The number of aliphatic hydroxyl groups is 1. The Morgan fingerprint density at radius 2 is 1.73 bits per heavy atom. The van der Waals surface area contributed by atoms with Gasteiger partial charge < -0.3 is 15.3 Å². The lowest BCUT2D eigenvalue weighted by Crippen LogP contribution is -2.45. The molecule has 0 rings (SSSR count). The average Bonchev–Trinajstić information content (AvgIpc) is 1.85. The van der Waals surface area contributed by atoms with Crippen molar-refractivity contribution in [3.05, 3.63) is 0 Å². The zero-order valence-electron chi connectivity index (χ0n) is 5.13. The maximum absolute atomic E-state index is 10.1. The highest BCUT2D eigenvalue weighted by molar-refractivity contribution is 7.86. The van der Waals surface area contributed by atoms with Crippen LogP contribution in [-0.2, 0) is 9.59 Å². The Balaban J connectivity index is 4.55. The van der Waals surface area contributed by atoms with Gasteiger partial charge in [-0.3, -0.25) is 4.79 Å². The van der Waals surface area contributed by atoms with E-state index in [0.29, 0.717) is 0 Å². The molecule has 64 valence electrons. The SMILES string of the molecule is O=C(O)C(S)C(O)(S)C(=O)O. The summed E-state index contributed by atoms with van der Waals surface area (Å²) in [5, 5.41) is 23.5. The monoisotopic (exact) mass is 198 g/mol. The van der Waals surface area contributed by atoms with Crippen molar-refractivity contribution in [1.82, 2.24) is 0 Å². The predicted molar refractivity (Wildman–Crippen MR) is 42.0 cm³/mol. The van der Waals surface area contributed by atoms with E-state index in [-0.39, 0.29) is 0 Å². The number of carbonyl (C=O) groups is 2. The van der Waals surface area contributed by atoms with Crippen LogP contribution in [0.4, 0.5) is 0 Å². The molecular formula is C4H6O5S2. The summed E-state index contributed by atoms with van der Waals surface area (Å²) in [4.78, 5) is 17.6. The van der Waals surface area contributed by atoms with E-state index in [1.807, 2.05) is 0 Å². The Labute approximate surface area is 72.8 Å². The second kappa shape index (κ2) is 3.33. The quantitative estimate of drug-likeness (QED) is 0.298. The molecule has 0 aromatic heterocycles. The molecule has 0 saturated heterocycles. The van der Waals surface area contributed by atoms with E-state index in [0.717, 1.165) is 0 Å². The minimum Gasteiger partial charge on any atom is -0.480 e. The first-order valence-corrected chi connectivity index (χ1v) is 3.35. The van der Waals surface area contributed by atoms with Crippen LogP contribution in [0, 0.1) is 0 Å². The molecule has 0 saturated carbocycles. The fourth-order valence-corrected chi connectivity index (χ4v) is 0.510. The van der Waals surface area contributed by atoms with Crippen LogP contribution in [0.15, 0.2) is 0 Å². The number of aliphatic carboxylic acids is 2. The van der Waals surface area contributed by atoms with Gasteiger partial charge in [0.2, 0.25) is 4.93 Å². The Bertz CT molecular complexity index is 189. The van der Waals surface area contributed by atoms with E-state index in [9.17, 15) is 9.59 Å². The Morgan fingerprint density at radius 3 is 1.82 bits per heavy atom.